The number of hydrogen-bond acceptors (Lipinski definition) is 10. The number of primary amides is 1. The summed E-state index contributed by atoms with van der Waals surface area (Å²) >= 11 is 0.502. The molecule has 2 N–H and O–H groups in total. The molecule has 1 aliphatic heterocycles. The summed E-state index contributed by atoms with van der Waals surface area (Å²) in [5.74, 6) is -15.8. The number of alkyl halides is 7. The molecule has 0 aliphatic carbocycles. The molecule has 236 valence electrons. The molecule has 4 rings (SSSR count). The maximum absolute atomic E-state index is 15.2. The minimum absolute atomic E-state index is 0.0666. The van der Waals surface area contributed by atoms with Gasteiger partial charge < -0.3 is 15.4 Å². The summed E-state index contributed by atoms with van der Waals surface area (Å²) in [5.41, 5.74) is 0.0552. The van der Waals surface area contributed by atoms with Gasteiger partial charge in [-0.15, -0.1) is 5.10 Å². The monoisotopic (exact) mass is 656 g/mol. The second-order valence-electron chi connectivity index (χ2n) is 8.93. The number of carbonyl (C=O) groups excluding carboxylic acids is 2. The first kappa shape index (κ1) is 32.3. The van der Waals surface area contributed by atoms with Gasteiger partial charge in [0.15, 0.2) is 0 Å². The molecular weight excluding hydrogens is 640 g/mol. The summed E-state index contributed by atoms with van der Waals surface area (Å²) in [6.45, 7) is 0.855. The fourth-order valence-corrected chi connectivity index (χ4v) is 4.92. The highest BCUT2D eigenvalue weighted by atomic mass is 32.2. The van der Waals surface area contributed by atoms with Crippen molar-refractivity contribution in [3.05, 3.63) is 51.5 Å². The predicted octanol–water partition coefficient (Wildman–Crippen LogP) is 4.16. The Labute approximate surface area is 243 Å². The molecule has 0 unspecified atom stereocenters. The average Bonchev–Trinajstić information content (AvgIpc) is 3.56. The van der Waals surface area contributed by atoms with Crippen molar-refractivity contribution in [2.45, 2.75) is 41.0 Å². The van der Waals surface area contributed by atoms with Gasteiger partial charge in [0, 0.05) is 47.4 Å². The van der Waals surface area contributed by atoms with Crippen LogP contribution >= 0.6 is 11.8 Å². The highest BCUT2D eigenvalue weighted by molar-refractivity contribution is 7.99. The van der Waals surface area contributed by atoms with E-state index in [1.807, 2.05) is 0 Å². The van der Waals surface area contributed by atoms with Crippen molar-refractivity contribution >= 4 is 29.4 Å². The molecule has 1 fully saturated rings. The Balaban J connectivity index is 1.76. The predicted molar refractivity (Wildman–Crippen MR) is 129 cm³/mol. The third kappa shape index (κ3) is 6.05. The Kier molecular flexibility index (Phi) is 8.66. The van der Waals surface area contributed by atoms with Crippen molar-refractivity contribution in [2.75, 3.05) is 19.7 Å². The highest BCUT2D eigenvalue weighted by Gasteiger charge is 2.73. The molecule has 3 aromatic rings. The number of hydrogen-bond donors (Lipinski definition) is 1. The number of halogens is 8. The van der Waals surface area contributed by atoms with E-state index in [-0.39, 0.29) is 43.5 Å². The molecule has 0 radical (unpaired) electrons. The van der Waals surface area contributed by atoms with Gasteiger partial charge in [-0.2, -0.15) is 30.7 Å². The summed E-state index contributed by atoms with van der Waals surface area (Å²) < 4.78 is 115. The van der Waals surface area contributed by atoms with Crippen LogP contribution in [0.4, 0.5) is 45.6 Å². The Bertz CT molecular complexity index is 1620. The maximum Gasteiger partial charge on any atom is 0.460 e. The number of ether oxygens (including phenoxy) is 1. The number of nitro groups is 1. The first-order valence-electron chi connectivity index (χ1n) is 11.9. The number of pyridine rings is 1. The van der Waals surface area contributed by atoms with E-state index in [0.29, 0.717) is 30.4 Å². The number of cyclic esters (lactones) is 1. The molecular formula is C22H16F8N8O5S. The van der Waals surface area contributed by atoms with Gasteiger partial charge >= 0.3 is 24.1 Å². The minimum Gasteiger partial charge on any atom is -0.448 e. The van der Waals surface area contributed by atoms with Crippen molar-refractivity contribution < 1.29 is 54.4 Å². The van der Waals surface area contributed by atoms with E-state index in [1.54, 1.807) is 0 Å². The number of rotatable bonds is 11. The lowest BCUT2D eigenvalue weighted by atomic mass is 10.0. The van der Waals surface area contributed by atoms with Crippen LogP contribution < -0.4 is 5.73 Å². The van der Waals surface area contributed by atoms with Crippen LogP contribution in [0, 0.1) is 15.9 Å². The number of amides is 2. The summed E-state index contributed by atoms with van der Waals surface area (Å²) in [7, 11) is 0. The molecule has 3 heterocycles. The van der Waals surface area contributed by atoms with Gasteiger partial charge in [0.25, 0.3) is 5.69 Å². The van der Waals surface area contributed by atoms with Crippen LogP contribution in [0.2, 0.25) is 0 Å². The molecule has 2 amide bonds. The van der Waals surface area contributed by atoms with E-state index < -0.39 is 73.7 Å². The normalized spacial score (nSPS) is 14.2. The van der Waals surface area contributed by atoms with Crippen LogP contribution in [0.5, 0.6) is 0 Å². The fraction of sp³-hybridized carbons (Fsp3) is 0.364. The SMILES string of the molecule is NC(=O)c1cc([N+](=O)[O-])cc(-c2ncc(C(F)(F)C(F)(F)C(F)(F)F)cc2F)c1Sc1nnnn1CCCN1CCOC1=O. The summed E-state index contributed by atoms with van der Waals surface area (Å²) in [6, 6.07) is 1.01. The summed E-state index contributed by atoms with van der Waals surface area (Å²) in [5, 5.41) is 22.4. The average molecular weight is 656 g/mol. The lowest BCUT2D eigenvalue weighted by Crippen LogP contribution is -2.50. The smallest absolute Gasteiger partial charge is 0.448 e. The van der Waals surface area contributed by atoms with Crippen molar-refractivity contribution in [3.63, 3.8) is 0 Å². The van der Waals surface area contributed by atoms with Crippen LogP contribution in [-0.2, 0) is 17.2 Å². The minimum atomic E-state index is -6.71. The second-order valence-corrected chi connectivity index (χ2v) is 9.91. The van der Waals surface area contributed by atoms with Crippen LogP contribution in [0.15, 0.2) is 34.4 Å². The standard InChI is InChI=1S/C22H16F8N8O5S/c23-14-6-10(20(24,25)21(26,27)22(28,29)30)9-32-15(14)12-7-11(38(41)42)8-13(17(31)39)16(12)44-18-33-34-35-37(18)3-1-2-36-4-5-43-19(36)40/h6-9H,1-5H2,(H2,31,39). The van der Waals surface area contributed by atoms with Crippen molar-refractivity contribution in [2.24, 2.45) is 5.73 Å². The second kappa shape index (κ2) is 11.8. The lowest BCUT2D eigenvalue weighted by molar-refractivity contribution is -0.384. The van der Waals surface area contributed by atoms with E-state index >= 15 is 4.39 Å². The van der Waals surface area contributed by atoms with Gasteiger partial charge in [0.05, 0.1) is 17.0 Å². The molecule has 0 atom stereocenters. The number of nitrogens with two attached hydrogens (primary N) is 1. The Morgan fingerprint density at radius 1 is 1.14 bits per heavy atom. The van der Waals surface area contributed by atoms with E-state index in [4.69, 9.17) is 10.5 Å². The highest BCUT2D eigenvalue weighted by Crippen LogP contribution is 2.52. The number of aromatic nitrogens is 5. The van der Waals surface area contributed by atoms with Gasteiger partial charge in [-0.1, -0.05) is 0 Å². The van der Waals surface area contributed by atoms with E-state index in [0.717, 1.165) is 0 Å². The molecule has 13 nitrogen and oxygen atoms in total. The summed E-state index contributed by atoms with van der Waals surface area (Å²) in [6.07, 6.45) is -7.12. The number of benzene rings is 1. The van der Waals surface area contributed by atoms with Gasteiger partial charge in [-0.05, 0) is 34.7 Å². The molecule has 0 spiro atoms. The zero-order valence-electron chi connectivity index (χ0n) is 21.5. The van der Waals surface area contributed by atoms with Gasteiger partial charge in [-0.3, -0.25) is 19.9 Å². The molecule has 0 bridgehead atoms. The number of nitro benzene ring substituents is 1. The van der Waals surface area contributed by atoms with Crippen molar-refractivity contribution in [1.82, 2.24) is 30.1 Å². The maximum atomic E-state index is 15.2. The van der Waals surface area contributed by atoms with Crippen LogP contribution in [0.3, 0.4) is 0 Å². The van der Waals surface area contributed by atoms with Crippen molar-refractivity contribution in [3.8, 4) is 11.3 Å². The molecule has 44 heavy (non-hydrogen) atoms. The Hall–Kier alpha value is -4.63. The quantitative estimate of drug-likeness (QED) is 0.179. The van der Waals surface area contributed by atoms with Gasteiger partial charge in [0.2, 0.25) is 11.1 Å². The third-order valence-corrected chi connectivity index (χ3v) is 7.21. The number of carbonyl (C=O) groups is 2. The van der Waals surface area contributed by atoms with Crippen LogP contribution in [-0.4, -0.2) is 78.8 Å². The molecule has 1 aliphatic rings. The van der Waals surface area contributed by atoms with Gasteiger partial charge in [-0.25, -0.2) is 13.9 Å². The van der Waals surface area contributed by atoms with Crippen LogP contribution in [0.1, 0.15) is 22.3 Å². The number of nitrogens with zero attached hydrogens (tertiary/aromatic N) is 7. The first-order valence-corrected chi connectivity index (χ1v) is 12.7. The molecule has 0 saturated carbocycles. The Morgan fingerprint density at radius 3 is 2.41 bits per heavy atom. The summed E-state index contributed by atoms with van der Waals surface area (Å²) in [4.78, 5) is 38.7. The molecule has 1 saturated heterocycles. The molecule has 1 aromatic carbocycles. The van der Waals surface area contributed by atoms with E-state index in [1.165, 1.54) is 9.58 Å². The number of aryl methyl sites for hydroxylation is 1. The lowest BCUT2D eigenvalue weighted by Gasteiger charge is -2.28. The fourth-order valence-electron chi connectivity index (χ4n) is 3.90. The number of non-ortho nitro benzene ring substituents is 1. The van der Waals surface area contributed by atoms with Gasteiger partial charge in [0.1, 0.15) is 18.1 Å². The zero-order chi connectivity index (χ0) is 32.6. The zero-order valence-corrected chi connectivity index (χ0v) is 22.3. The molecule has 22 heteroatoms. The van der Waals surface area contributed by atoms with E-state index in [9.17, 15) is 50.4 Å². The van der Waals surface area contributed by atoms with E-state index in [2.05, 4.69) is 20.5 Å². The largest absolute Gasteiger partial charge is 0.460 e. The number of tetrazole rings is 1. The Morgan fingerprint density at radius 2 is 1.84 bits per heavy atom. The topological polar surface area (TPSA) is 172 Å². The first-order chi connectivity index (χ1) is 20.5. The van der Waals surface area contributed by atoms with Crippen LogP contribution in [0.25, 0.3) is 11.3 Å². The van der Waals surface area contributed by atoms with Crippen molar-refractivity contribution in [1.29, 1.82) is 0 Å². The molecule has 2 aromatic heterocycles. The third-order valence-electron chi connectivity index (χ3n) is 6.09.